The molecule has 3 amide bonds. The Morgan fingerprint density at radius 2 is 1.65 bits per heavy atom. The number of hydrogen-bond acceptors (Lipinski definition) is 5. The Bertz CT molecular complexity index is 1230. The van der Waals surface area contributed by atoms with Crippen LogP contribution in [0.1, 0.15) is 21.5 Å². The van der Waals surface area contributed by atoms with Crippen molar-refractivity contribution < 1.29 is 37.0 Å². The quantitative estimate of drug-likeness (QED) is 0.408. The fourth-order valence-corrected chi connectivity index (χ4v) is 3.28. The Labute approximate surface area is 211 Å². The van der Waals surface area contributed by atoms with Gasteiger partial charge in [-0.1, -0.05) is 30.3 Å². The third-order valence-electron chi connectivity index (χ3n) is 5.07. The van der Waals surface area contributed by atoms with Crippen LogP contribution in [-0.2, 0) is 13.2 Å². The zero-order valence-corrected chi connectivity index (χ0v) is 20.4. The summed E-state index contributed by atoms with van der Waals surface area (Å²) in [5, 5.41) is 5.11. The number of carbonyl (C=O) groups excluding carboxylic acids is 2. The zero-order valence-electron chi connectivity index (χ0n) is 20.4. The summed E-state index contributed by atoms with van der Waals surface area (Å²) in [5.74, 6) is 0.0990. The van der Waals surface area contributed by atoms with Crippen LogP contribution in [0.25, 0.3) is 0 Å². The van der Waals surface area contributed by atoms with E-state index in [1.165, 1.54) is 18.1 Å². The van der Waals surface area contributed by atoms with Crippen LogP contribution in [-0.4, -0.2) is 44.4 Å². The number of methoxy groups -OCH3 is 1. The smallest absolute Gasteiger partial charge is 0.495 e. The summed E-state index contributed by atoms with van der Waals surface area (Å²) in [4.78, 5) is 26.0. The largest absolute Gasteiger partial charge is 0.573 e. The van der Waals surface area contributed by atoms with Gasteiger partial charge in [0.25, 0.3) is 5.91 Å². The lowest BCUT2D eigenvalue weighted by molar-refractivity contribution is -0.274. The highest BCUT2D eigenvalue weighted by Crippen LogP contribution is 2.32. The van der Waals surface area contributed by atoms with Crippen LogP contribution >= 0.6 is 0 Å². The lowest BCUT2D eigenvalue weighted by Gasteiger charge is -2.15. The fourth-order valence-electron chi connectivity index (χ4n) is 3.28. The Morgan fingerprint density at radius 3 is 2.30 bits per heavy atom. The molecule has 0 radical (unpaired) electrons. The molecule has 0 spiro atoms. The summed E-state index contributed by atoms with van der Waals surface area (Å²) in [7, 11) is 4.69. The van der Waals surface area contributed by atoms with Crippen molar-refractivity contribution in [3.63, 3.8) is 0 Å². The molecule has 0 atom stereocenters. The van der Waals surface area contributed by atoms with Gasteiger partial charge in [0.1, 0.15) is 23.9 Å². The molecule has 0 aliphatic rings. The van der Waals surface area contributed by atoms with Crippen molar-refractivity contribution >= 4 is 17.6 Å². The van der Waals surface area contributed by atoms with Gasteiger partial charge in [0.15, 0.2) is 0 Å². The standard InChI is InChI=1S/C26H26F3N3O5/c1-32(2)24(33)18-10-8-17(9-11-18)16-36-22-7-5-4-6-19(22)15-30-25(34)31-21-14-20(37-26(27,28)29)12-13-23(21)35-3/h4-14H,15-16H2,1-3H3,(H2,30,31,34). The average Bonchev–Trinajstić information content (AvgIpc) is 2.85. The predicted molar refractivity (Wildman–Crippen MR) is 131 cm³/mol. The van der Waals surface area contributed by atoms with Crippen molar-refractivity contribution in [2.24, 2.45) is 0 Å². The summed E-state index contributed by atoms with van der Waals surface area (Å²) in [6, 6.07) is 16.8. The van der Waals surface area contributed by atoms with E-state index in [4.69, 9.17) is 9.47 Å². The minimum absolute atomic E-state index is 0.00230. The van der Waals surface area contributed by atoms with Gasteiger partial charge in [-0.2, -0.15) is 0 Å². The third kappa shape index (κ3) is 8.06. The topological polar surface area (TPSA) is 89.1 Å². The van der Waals surface area contributed by atoms with E-state index in [-0.39, 0.29) is 30.5 Å². The SMILES string of the molecule is COc1ccc(OC(F)(F)F)cc1NC(=O)NCc1ccccc1OCc1ccc(C(=O)N(C)C)cc1. The molecule has 0 unspecified atom stereocenters. The first-order valence-corrected chi connectivity index (χ1v) is 11.1. The number of para-hydroxylation sites is 1. The molecule has 37 heavy (non-hydrogen) atoms. The molecule has 0 aromatic heterocycles. The van der Waals surface area contributed by atoms with Gasteiger partial charge in [0, 0.05) is 37.8 Å². The fraction of sp³-hybridized carbons (Fsp3) is 0.231. The molecule has 0 bridgehead atoms. The van der Waals surface area contributed by atoms with Crippen LogP contribution in [0.2, 0.25) is 0 Å². The molecular weight excluding hydrogens is 491 g/mol. The predicted octanol–water partition coefficient (Wildman–Crippen LogP) is 5.20. The number of ether oxygens (including phenoxy) is 3. The zero-order chi connectivity index (χ0) is 27.0. The lowest BCUT2D eigenvalue weighted by atomic mass is 10.1. The number of anilines is 1. The molecule has 0 aliphatic heterocycles. The second-order valence-corrected chi connectivity index (χ2v) is 8.01. The van der Waals surface area contributed by atoms with Gasteiger partial charge >= 0.3 is 12.4 Å². The first-order chi connectivity index (χ1) is 17.6. The number of rotatable bonds is 9. The highest BCUT2D eigenvalue weighted by atomic mass is 19.4. The molecule has 3 aromatic carbocycles. The number of nitrogens with one attached hydrogen (secondary N) is 2. The second kappa shape index (κ2) is 12.0. The van der Waals surface area contributed by atoms with Crippen LogP contribution < -0.4 is 24.8 Å². The van der Waals surface area contributed by atoms with Gasteiger partial charge in [0.2, 0.25) is 0 Å². The molecule has 0 aliphatic carbocycles. The maximum Gasteiger partial charge on any atom is 0.573 e. The summed E-state index contributed by atoms with van der Waals surface area (Å²) in [6.07, 6.45) is -4.87. The molecule has 3 rings (SSSR count). The number of urea groups is 1. The van der Waals surface area contributed by atoms with Crippen molar-refractivity contribution in [2.45, 2.75) is 19.5 Å². The van der Waals surface area contributed by atoms with E-state index in [9.17, 15) is 22.8 Å². The van der Waals surface area contributed by atoms with E-state index in [1.54, 1.807) is 62.6 Å². The van der Waals surface area contributed by atoms with Gasteiger partial charge in [-0.15, -0.1) is 13.2 Å². The molecule has 0 heterocycles. The maximum atomic E-state index is 12.5. The van der Waals surface area contributed by atoms with Crippen molar-refractivity contribution in [1.82, 2.24) is 10.2 Å². The van der Waals surface area contributed by atoms with Gasteiger partial charge in [0.05, 0.1) is 12.8 Å². The minimum Gasteiger partial charge on any atom is -0.495 e. The van der Waals surface area contributed by atoms with Crippen molar-refractivity contribution in [2.75, 3.05) is 26.5 Å². The van der Waals surface area contributed by atoms with Crippen LogP contribution in [0, 0.1) is 0 Å². The van der Waals surface area contributed by atoms with Gasteiger partial charge in [-0.3, -0.25) is 4.79 Å². The van der Waals surface area contributed by atoms with Gasteiger partial charge in [-0.25, -0.2) is 4.79 Å². The van der Waals surface area contributed by atoms with E-state index in [0.29, 0.717) is 16.9 Å². The van der Waals surface area contributed by atoms with E-state index >= 15 is 0 Å². The molecule has 11 heteroatoms. The molecule has 196 valence electrons. The Morgan fingerprint density at radius 1 is 0.946 bits per heavy atom. The lowest BCUT2D eigenvalue weighted by Crippen LogP contribution is -2.28. The van der Waals surface area contributed by atoms with Crippen molar-refractivity contribution in [3.8, 4) is 17.2 Å². The first kappa shape index (κ1) is 27.2. The molecule has 0 saturated carbocycles. The Hall–Kier alpha value is -4.41. The monoisotopic (exact) mass is 517 g/mol. The highest BCUT2D eigenvalue weighted by Gasteiger charge is 2.31. The van der Waals surface area contributed by atoms with Crippen molar-refractivity contribution in [3.05, 3.63) is 83.4 Å². The molecule has 0 fully saturated rings. The van der Waals surface area contributed by atoms with Gasteiger partial charge in [-0.05, 0) is 35.9 Å². The normalized spacial score (nSPS) is 10.9. The highest BCUT2D eigenvalue weighted by molar-refractivity contribution is 5.94. The van der Waals surface area contributed by atoms with Crippen LogP contribution in [0.4, 0.5) is 23.7 Å². The van der Waals surface area contributed by atoms with Gasteiger partial charge < -0.3 is 29.7 Å². The number of amides is 3. The molecule has 3 aromatic rings. The van der Waals surface area contributed by atoms with E-state index < -0.39 is 18.1 Å². The number of alkyl halides is 3. The average molecular weight is 518 g/mol. The maximum absolute atomic E-state index is 12.5. The Balaban J connectivity index is 1.61. The third-order valence-corrected chi connectivity index (χ3v) is 5.07. The first-order valence-electron chi connectivity index (χ1n) is 11.1. The Kier molecular flexibility index (Phi) is 8.83. The van der Waals surface area contributed by atoms with Crippen molar-refractivity contribution in [1.29, 1.82) is 0 Å². The number of halogens is 3. The number of benzene rings is 3. The van der Waals surface area contributed by atoms with E-state index in [1.807, 2.05) is 0 Å². The van der Waals surface area contributed by atoms with E-state index in [2.05, 4.69) is 15.4 Å². The molecule has 8 nitrogen and oxygen atoms in total. The van der Waals surface area contributed by atoms with Crippen LogP contribution in [0.15, 0.2) is 66.7 Å². The van der Waals surface area contributed by atoms with Crippen LogP contribution in [0.5, 0.6) is 17.2 Å². The molecule has 2 N–H and O–H groups in total. The minimum atomic E-state index is -4.87. The summed E-state index contributed by atoms with van der Waals surface area (Å²) in [6.45, 7) is 0.322. The summed E-state index contributed by atoms with van der Waals surface area (Å²) >= 11 is 0. The number of carbonyl (C=O) groups is 2. The second-order valence-electron chi connectivity index (χ2n) is 8.01. The molecule has 0 saturated heterocycles. The summed E-state index contributed by atoms with van der Waals surface area (Å²) in [5.41, 5.74) is 2.10. The number of hydrogen-bond donors (Lipinski definition) is 2. The molecular formula is C26H26F3N3O5. The number of nitrogens with zero attached hydrogens (tertiary/aromatic N) is 1. The van der Waals surface area contributed by atoms with Crippen LogP contribution in [0.3, 0.4) is 0 Å². The summed E-state index contributed by atoms with van der Waals surface area (Å²) < 4.78 is 52.5. The van der Waals surface area contributed by atoms with E-state index in [0.717, 1.165) is 17.7 Å².